The lowest BCUT2D eigenvalue weighted by Crippen LogP contribution is -2.24. The van der Waals surface area contributed by atoms with Crippen LogP contribution < -0.4 is 5.73 Å². The number of esters is 1. The fourth-order valence-corrected chi connectivity index (χ4v) is 3.21. The van der Waals surface area contributed by atoms with Crippen molar-refractivity contribution < 1.29 is 9.53 Å². The molecule has 1 aromatic heterocycles. The zero-order valence-corrected chi connectivity index (χ0v) is 12.7. The molecule has 0 unspecified atom stereocenters. The Morgan fingerprint density at radius 2 is 2.05 bits per heavy atom. The van der Waals surface area contributed by atoms with Crippen LogP contribution in [-0.2, 0) is 11.3 Å². The first-order valence-electron chi connectivity index (χ1n) is 7.52. The molecule has 1 aliphatic rings. The van der Waals surface area contributed by atoms with E-state index >= 15 is 0 Å². The Hall–Kier alpha value is -1.52. The van der Waals surface area contributed by atoms with Gasteiger partial charge in [0.1, 0.15) is 11.6 Å². The fraction of sp³-hybridized carbons (Fsp3) is 0.733. The van der Waals surface area contributed by atoms with Gasteiger partial charge in [-0.05, 0) is 38.5 Å². The van der Waals surface area contributed by atoms with E-state index in [0.717, 1.165) is 18.8 Å². The van der Waals surface area contributed by atoms with Gasteiger partial charge in [-0.25, -0.2) is 9.78 Å². The number of hydrogen-bond donors (Lipinski definition) is 1. The van der Waals surface area contributed by atoms with Gasteiger partial charge in [-0.1, -0.05) is 19.8 Å². The third-order valence-electron chi connectivity index (χ3n) is 4.57. The van der Waals surface area contributed by atoms with Crippen molar-refractivity contribution in [3.8, 4) is 0 Å². The van der Waals surface area contributed by atoms with Crippen LogP contribution in [0.3, 0.4) is 0 Å². The molecule has 1 aliphatic carbocycles. The van der Waals surface area contributed by atoms with Crippen molar-refractivity contribution in [3.05, 3.63) is 11.5 Å². The number of nitrogens with zero attached hydrogens (tertiary/aromatic N) is 2. The van der Waals surface area contributed by atoms with E-state index in [0.29, 0.717) is 17.8 Å². The van der Waals surface area contributed by atoms with E-state index in [9.17, 15) is 4.79 Å². The smallest absolute Gasteiger partial charge is 0.360 e. The molecule has 1 aromatic rings. The third-order valence-corrected chi connectivity index (χ3v) is 4.57. The van der Waals surface area contributed by atoms with Crippen molar-refractivity contribution >= 4 is 11.8 Å². The Kier molecular flexibility index (Phi) is 4.35. The van der Waals surface area contributed by atoms with Crippen LogP contribution in [0.25, 0.3) is 0 Å². The summed E-state index contributed by atoms with van der Waals surface area (Å²) in [5, 5.41) is 0. The predicted molar refractivity (Wildman–Crippen MR) is 78.5 cm³/mol. The summed E-state index contributed by atoms with van der Waals surface area (Å²) in [6.07, 6.45) is 6.17. The lowest BCUT2D eigenvalue weighted by molar-refractivity contribution is 0.0521. The average molecular weight is 279 g/mol. The molecule has 2 N–H and O–H groups in total. The molecular formula is C15H25N3O2. The number of nitrogens with two attached hydrogens (primary N) is 1. The van der Waals surface area contributed by atoms with Crippen molar-refractivity contribution in [1.82, 2.24) is 9.55 Å². The van der Waals surface area contributed by atoms with Gasteiger partial charge in [0.15, 0.2) is 5.69 Å². The third kappa shape index (κ3) is 2.67. The molecule has 1 heterocycles. The normalized spacial score (nSPS) is 17.4. The summed E-state index contributed by atoms with van der Waals surface area (Å²) in [5.41, 5.74) is 6.70. The molecule has 0 amide bonds. The molecular weight excluding hydrogens is 254 g/mol. The largest absolute Gasteiger partial charge is 0.461 e. The molecule has 5 nitrogen and oxygen atoms in total. The molecule has 0 atom stereocenters. The number of aryl methyl sites for hydroxylation is 1. The Bertz CT molecular complexity index is 488. The quantitative estimate of drug-likeness (QED) is 0.841. The SMILES string of the molecule is CCOC(=O)c1nc(C)n(CC2(CC)CCCC2)c1N. The van der Waals surface area contributed by atoms with Crippen molar-refractivity contribution in [2.45, 2.75) is 59.4 Å². The molecule has 2 rings (SSSR count). The van der Waals surface area contributed by atoms with Crippen molar-refractivity contribution in [2.75, 3.05) is 12.3 Å². The zero-order chi connectivity index (χ0) is 14.8. The van der Waals surface area contributed by atoms with Crippen LogP contribution in [0.4, 0.5) is 5.82 Å². The van der Waals surface area contributed by atoms with E-state index in [2.05, 4.69) is 11.9 Å². The molecule has 0 radical (unpaired) electrons. The minimum absolute atomic E-state index is 0.258. The summed E-state index contributed by atoms with van der Waals surface area (Å²) in [7, 11) is 0. The Labute approximate surface area is 120 Å². The molecule has 1 fully saturated rings. The summed E-state index contributed by atoms with van der Waals surface area (Å²) in [6.45, 7) is 7.11. The van der Waals surface area contributed by atoms with E-state index in [1.165, 1.54) is 25.7 Å². The van der Waals surface area contributed by atoms with Gasteiger partial charge in [0.2, 0.25) is 0 Å². The number of ether oxygens (including phenoxy) is 1. The Morgan fingerprint density at radius 3 is 2.60 bits per heavy atom. The number of carbonyl (C=O) groups is 1. The maximum absolute atomic E-state index is 11.8. The van der Waals surface area contributed by atoms with E-state index in [-0.39, 0.29) is 5.69 Å². The van der Waals surface area contributed by atoms with Gasteiger partial charge in [-0.15, -0.1) is 0 Å². The van der Waals surface area contributed by atoms with Crippen molar-refractivity contribution in [2.24, 2.45) is 5.41 Å². The Morgan fingerprint density at radius 1 is 1.40 bits per heavy atom. The highest BCUT2D eigenvalue weighted by Crippen LogP contribution is 2.43. The van der Waals surface area contributed by atoms with E-state index < -0.39 is 5.97 Å². The number of aromatic nitrogens is 2. The molecule has 0 spiro atoms. The standard InChI is InChI=1S/C15H25N3O2/c1-4-15(8-6-7-9-15)10-18-11(3)17-12(13(18)16)14(19)20-5-2/h4-10,16H2,1-3H3. The second-order valence-corrected chi connectivity index (χ2v) is 5.76. The topological polar surface area (TPSA) is 70.1 Å². The molecule has 0 saturated heterocycles. The maximum atomic E-state index is 11.8. The highest BCUT2D eigenvalue weighted by atomic mass is 16.5. The monoisotopic (exact) mass is 279 g/mol. The molecule has 0 aliphatic heterocycles. The van der Waals surface area contributed by atoms with E-state index in [4.69, 9.17) is 10.5 Å². The van der Waals surface area contributed by atoms with Gasteiger partial charge in [0.05, 0.1) is 6.61 Å². The van der Waals surface area contributed by atoms with Gasteiger partial charge < -0.3 is 15.0 Å². The lowest BCUT2D eigenvalue weighted by atomic mass is 9.83. The van der Waals surface area contributed by atoms with Gasteiger partial charge in [0.25, 0.3) is 0 Å². The highest BCUT2D eigenvalue weighted by Gasteiger charge is 2.34. The van der Waals surface area contributed by atoms with Crippen LogP contribution >= 0.6 is 0 Å². The number of rotatable bonds is 5. The highest BCUT2D eigenvalue weighted by molar-refractivity contribution is 5.92. The van der Waals surface area contributed by atoms with Crippen molar-refractivity contribution in [1.29, 1.82) is 0 Å². The van der Waals surface area contributed by atoms with E-state index in [1.807, 2.05) is 11.5 Å². The molecule has 1 saturated carbocycles. The van der Waals surface area contributed by atoms with Gasteiger partial charge in [-0.3, -0.25) is 0 Å². The minimum Gasteiger partial charge on any atom is -0.461 e. The molecule has 112 valence electrons. The fourth-order valence-electron chi connectivity index (χ4n) is 3.21. The second-order valence-electron chi connectivity index (χ2n) is 5.76. The molecule has 5 heteroatoms. The molecule has 0 bridgehead atoms. The number of imidazole rings is 1. The Balaban J connectivity index is 2.26. The van der Waals surface area contributed by atoms with Crippen LogP contribution in [0.1, 0.15) is 62.3 Å². The predicted octanol–water partition coefficient (Wildman–Crippen LogP) is 2.92. The van der Waals surface area contributed by atoms with Gasteiger partial charge >= 0.3 is 5.97 Å². The lowest BCUT2D eigenvalue weighted by Gasteiger charge is -2.29. The number of hydrogen-bond acceptors (Lipinski definition) is 4. The first-order chi connectivity index (χ1) is 9.53. The van der Waals surface area contributed by atoms with Gasteiger partial charge in [0, 0.05) is 6.54 Å². The maximum Gasteiger partial charge on any atom is 0.360 e. The first-order valence-corrected chi connectivity index (χ1v) is 7.52. The number of anilines is 1. The number of nitrogen functional groups attached to an aromatic ring is 1. The zero-order valence-electron chi connectivity index (χ0n) is 12.7. The first kappa shape index (κ1) is 14.9. The van der Waals surface area contributed by atoms with Crippen LogP contribution in [0.2, 0.25) is 0 Å². The summed E-state index contributed by atoms with van der Waals surface area (Å²) in [5.74, 6) is 0.815. The summed E-state index contributed by atoms with van der Waals surface area (Å²) in [6, 6.07) is 0. The number of carbonyl (C=O) groups excluding carboxylic acids is 1. The summed E-state index contributed by atoms with van der Waals surface area (Å²) < 4.78 is 6.99. The summed E-state index contributed by atoms with van der Waals surface area (Å²) >= 11 is 0. The van der Waals surface area contributed by atoms with Crippen molar-refractivity contribution in [3.63, 3.8) is 0 Å². The second kappa shape index (κ2) is 5.85. The molecule has 0 aromatic carbocycles. The average Bonchev–Trinajstić information content (AvgIpc) is 3.00. The van der Waals surface area contributed by atoms with Crippen LogP contribution in [0.5, 0.6) is 0 Å². The van der Waals surface area contributed by atoms with Gasteiger partial charge in [-0.2, -0.15) is 0 Å². The van der Waals surface area contributed by atoms with E-state index in [1.54, 1.807) is 6.92 Å². The summed E-state index contributed by atoms with van der Waals surface area (Å²) in [4.78, 5) is 16.1. The van der Waals surface area contributed by atoms with Crippen LogP contribution in [0.15, 0.2) is 0 Å². The van der Waals surface area contributed by atoms with Crippen LogP contribution in [-0.4, -0.2) is 22.1 Å². The van der Waals surface area contributed by atoms with Crippen LogP contribution in [0, 0.1) is 12.3 Å². The minimum atomic E-state index is -0.427. The molecule has 20 heavy (non-hydrogen) atoms.